The van der Waals surface area contributed by atoms with E-state index in [9.17, 15) is 18.1 Å². The van der Waals surface area contributed by atoms with Crippen molar-refractivity contribution in [1.82, 2.24) is 0 Å². The minimum absolute atomic E-state index is 0.125. The quantitative estimate of drug-likeness (QED) is 0.251. The second-order valence-corrected chi connectivity index (χ2v) is 8.87. The van der Waals surface area contributed by atoms with Crippen LogP contribution >= 0.6 is 0 Å². The summed E-state index contributed by atoms with van der Waals surface area (Å²) in [6, 6.07) is 0. The molecule has 0 aliphatic carbocycles. The van der Waals surface area contributed by atoms with Gasteiger partial charge < -0.3 is 5.11 Å². The standard InChI is InChI=1S/C19H40O4S/c1-3-5-7-8-9-10-11-12-13-14-15-16-18-19(20,17-6-4-2)24(21,22)23/h20H,3-18H2,1-2H3,(H,21,22,23). The van der Waals surface area contributed by atoms with E-state index in [2.05, 4.69) is 6.92 Å². The first-order valence-electron chi connectivity index (χ1n) is 10.1. The highest BCUT2D eigenvalue weighted by molar-refractivity contribution is 7.87. The molecule has 24 heavy (non-hydrogen) atoms. The van der Waals surface area contributed by atoms with Crippen LogP contribution in [0.1, 0.15) is 117 Å². The number of rotatable bonds is 17. The largest absolute Gasteiger partial charge is 0.372 e. The zero-order valence-electron chi connectivity index (χ0n) is 15.9. The van der Waals surface area contributed by atoms with Crippen molar-refractivity contribution in [2.45, 2.75) is 122 Å². The highest BCUT2D eigenvalue weighted by Gasteiger charge is 2.39. The van der Waals surface area contributed by atoms with E-state index in [4.69, 9.17) is 0 Å². The molecule has 0 aliphatic rings. The molecule has 0 radical (unpaired) electrons. The molecule has 0 spiro atoms. The fraction of sp³-hybridized carbons (Fsp3) is 1.00. The Morgan fingerprint density at radius 1 is 0.625 bits per heavy atom. The molecule has 0 aromatic heterocycles. The average Bonchev–Trinajstić information content (AvgIpc) is 2.53. The maximum Gasteiger partial charge on any atom is 0.294 e. The summed E-state index contributed by atoms with van der Waals surface area (Å²) in [6.45, 7) is 4.18. The molecule has 0 fully saturated rings. The number of unbranched alkanes of at least 4 members (excludes halogenated alkanes) is 12. The van der Waals surface area contributed by atoms with Crippen LogP contribution in [-0.4, -0.2) is 23.0 Å². The Balaban J connectivity index is 3.66. The van der Waals surface area contributed by atoms with Gasteiger partial charge >= 0.3 is 0 Å². The zero-order valence-corrected chi connectivity index (χ0v) is 16.7. The molecular formula is C19H40O4S. The van der Waals surface area contributed by atoms with Gasteiger partial charge in [-0.05, 0) is 25.7 Å². The van der Waals surface area contributed by atoms with Gasteiger partial charge in [0.25, 0.3) is 10.1 Å². The lowest BCUT2D eigenvalue weighted by Gasteiger charge is -2.24. The Morgan fingerprint density at radius 2 is 0.958 bits per heavy atom. The van der Waals surface area contributed by atoms with Crippen molar-refractivity contribution in [3.05, 3.63) is 0 Å². The van der Waals surface area contributed by atoms with Gasteiger partial charge in [0.2, 0.25) is 0 Å². The predicted octanol–water partition coefficient (Wildman–Crippen LogP) is 5.84. The second kappa shape index (κ2) is 14.1. The molecule has 4 nitrogen and oxygen atoms in total. The first-order chi connectivity index (χ1) is 11.4. The van der Waals surface area contributed by atoms with E-state index in [0.29, 0.717) is 12.8 Å². The zero-order chi connectivity index (χ0) is 18.3. The summed E-state index contributed by atoms with van der Waals surface area (Å²) < 4.78 is 32.1. The van der Waals surface area contributed by atoms with E-state index in [0.717, 1.165) is 19.3 Å². The topological polar surface area (TPSA) is 74.6 Å². The van der Waals surface area contributed by atoms with Crippen LogP contribution in [0.3, 0.4) is 0 Å². The molecule has 0 aliphatic heterocycles. The van der Waals surface area contributed by atoms with E-state index in [1.54, 1.807) is 0 Å². The number of aliphatic hydroxyl groups is 1. The van der Waals surface area contributed by atoms with Gasteiger partial charge in [0.05, 0.1) is 0 Å². The summed E-state index contributed by atoms with van der Waals surface area (Å²) in [4.78, 5) is -1.94. The van der Waals surface area contributed by atoms with Gasteiger partial charge in [0, 0.05) is 0 Å². The Bertz CT molecular complexity index is 381. The molecule has 0 saturated carbocycles. The third kappa shape index (κ3) is 11.4. The smallest absolute Gasteiger partial charge is 0.294 e. The monoisotopic (exact) mass is 364 g/mol. The summed E-state index contributed by atoms with van der Waals surface area (Å²) in [5.74, 6) is 0. The molecule has 0 aromatic carbocycles. The van der Waals surface area contributed by atoms with Gasteiger partial charge in [-0.3, -0.25) is 4.55 Å². The SMILES string of the molecule is CCCCCCCCCCCCCCC(O)(CCCC)S(=O)(=O)O. The Labute approximate surface area is 150 Å². The minimum Gasteiger partial charge on any atom is -0.372 e. The summed E-state index contributed by atoms with van der Waals surface area (Å²) >= 11 is 0. The molecule has 0 bridgehead atoms. The maximum absolute atomic E-state index is 11.4. The minimum atomic E-state index is -4.40. The Hall–Kier alpha value is -0.130. The molecule has 0 amide bonds. The third-order valence-corrected chi connectivity index (χ3v) is 6.19. The van der Waals surface area contributed by atoms with Crippen molar-refractivity contribution in [2.75, 3.05) is 0 Å². The molecule has 146 valence electrons. The van der Waals surface area contributed by atoms with E-state index in [-0.39, 0.29) is 12.8 Å². The van der Waals surface area contributed by atoms with Crippen molar-refractivity contribution in [2.24, 2.45) is 0 Å². The lowest BCUT2D eigenvalue weighted by molar-refractivity contribution is 0.0890. The summed E-state index contributed by atoms with van der Waals surface area (Å²) in [5.41, 5.74) is 0. The Kier molecular flexibility index (Phi) is 14.0. The van der Waals surface area contributed by atoms with Crippen LogP contribution in [0.5, 0.6) is 0 Å². The number of hydrogen-bond acceptors (Lipinski definition) is 3. The summed E-state index contributed by atoms with van der Waals surface area (Å²) in [5, 5.41) is 10.2. The summed E-state index contributed by atoms with van der Waals surface area (Å²) in [7, 11) is -4.40. The van der Waals surface area contributed by atoms with Crippen LogP contribution in [0.4, 0.5) is 0 Å². The van der Waals surface area contributed by atoms with Crippen molar-refractivity contribution in [3.8, 4) is 0 Å². The van der Waals surface area contributed by atoms with Crippen LogP contribution < -0.4 is 0 Å². The fourth-order valence-corrected chi connectivity index (χ4v) is 3.88. The average molecular weight is 365 g/mol. The maximum atomic E-state index is 11.4. The second-order valence-electron chi connectivity index (χ2n) is 7.16. The molecule has 1 unspecified atom stereocenters. The normalized spacial score (nSPS) is 14.7. The van der Waals surface area contributed by atoms with Gasteiger partial charge in [-0.2, -0.15) is 8.42 Å². The van der Waals surface area contributed by atoms with Crippen LogP contribution in [0.2, 0.25) is 0 Å². The lowest BCUT2D eigenvalue weighted by atomic mass is 10.0. The molecule has 5 heteroatoms. The molecular weight excluding hydrogens is 324 g/mol. The van der Waals surface area contributed by atoms with Crippen molar-refractivity contribution in [3.63, 3.8) is 0 Å². The van der Waals surface area contributed by atoms with E-state index >= 15 is 0 Å². The Morgan fingerprint density at radius 3 is 1.33 bits per heavy atom. The lowest BCUT2D eigenvalue weighted by Crippen LogP contribution is -2.38. The molecule has 0 saturated heterocycles. The van der Waals surface area contributed by atoms with Gasteiger partial charge in [-0.25, -0.2) is 0 Å². The van der Waals surface area contributed by atoms with E-state index < -0.39 is 15.1 Å². The third-order valence-electron chi connectivity index (χ3n) is 4.82. The van der Waals surface area contributed by atoms with Crippen molar-refractivity contribution >= 4 is 10.1 Å². The van der Waals surface area contributed by atoms with Gasteiger partial charge in [-0.1, -0.05) is 90.9 Å². The fourth-order valence-electron chi connectivity index (χ4n) is 3.08. The molecule has 0 heterocycles. The van der Waals surface area contributed by atoms with Gasteiger partial charge in [0.15, 0.2) is 4.93 Å². The predicted molar refractivity (Wildman–Crippen MR) is 102 cm³/mol. The van der Waals surface area contributed by atoms with E-state index in [1.807, 2.05) is 6.92 Å². The van der Waals surface area contributed by atoms with Crippen LogP contribution in [0, 0.1) is 0 Å². The molecule has 0 rings (SSSR count). The highest BCUT2D eigenvalue weighted by Crippen LogP contribution is 2.27. The van der Waals surface area contributed by atoms with Crippen molar-refractivity contribution in [1.29, 1.82) is 0 Å². The summed E-state index contributed by atoms with van der Waals surface area (Å²) in [6.07, 6.45) is 16.1. The highest BCUT2D eigenvalue weighted by atomic mass is 32.2. The van der Waals surface area contributed by atoms with E-state index in [1.165, 1.54) is 57.8 Å². The molecule has 0 aromatic rings. The van der Waals surface area contributed by atoms with Crippen LogP contribution in [-0.2, 0) is 10.1 Å². The van der Waals surface area contributed by atoms with Crippen LogP contribution in [0.15, 0.2) is 0 Å². The van der Waals surface area contributed by atoms with Crippen LogP contribution in [0.25, 0.3) is 0 Å². The van der Waals surface area contributed by atoms with Gasteiger partial charge in [0.1, 0.15) is 0 Å². The molecule has 1 atom stereocenters. The number of hydrogen-bond donors (Lipinski definition) is 2. The first kappa shape index (κ1) is 23.9. The first-order valence-corrected chi connectivity index (χ1v) is 11.5. The van der Waals surface area contributed by atoms with Crippen molar-refractivity contribution < 1.29 is 18.1 Å². The molecule has 2 N–H and O–H groups in total. The van der Waals surface area contributed by atoms with Gasteiger partial charge in [-0.15, -0.1) is 0 Å².